The van der Waals surface area contributed by atoms with E-state index in [1.807, 2.05) is 0 Å². The second-order valence-electron chi connectivity index (χ2n) is 5.98. The highest BCUT2D eigenvalue weighted by Crippen LogP contribution is 2.46. The Morgan fingerprint density at radius 2 is 1.21 bits per heavy atom. The Kier molecular flexibility index (Phi) is 4.41. The van der Waals surface area contributed by atoms with E-state index in [1.54, 1.807) is 0 Å². The summed E-state index contributed by atoms with van der Waals surface area (Å²) < 4.78 is 78.3. The molecule has 0 bridgehead atoms. The van der Waals surface area contributed by atoms with Crippen LogP contribution < -0.4 is 19.7 Å². The molecule has 2 aromatic rings. The summed E-state index contributed by atoms with van der Waals surface area (Å²) in [4.78, 5) is -0.275. The first kappa shape index (κ1) is 19.4. The molecule has 2 aliphatic heterocycles. The molecule has 0 aliphatic carbocycles. The molecule has 0 fully saturated rings. The van der Waals surface area contributed by atoms with Gasteiger partial charge in [0.15, 0.2) is 0 Å². The van der Waals surface area contributed by atoms with Crippen molar-refractivity contribution >= 4 is 51.7 Å². The first-order valence-corrected chi connectivity index (χ1v) is 12.8. The van der Waals surface area contributed by atoms with E-state index < -0.39 is 27.6 Å². The van der Waals surface area contributed by atoms with Crippen molar-refractivity contribution in [3.05, 3.63) is 36.4 Å². The van der Waals surface area contributed by atoms with Crippen LogP contribution in [0.25, 0.3) is 0 Å². The van der Waals surface area contributed by atoms with E-state index in [0.29, 0.717) is 11.4 Å². The van der Waals surface area contributed by atoms with Gasteiger partial charge in [0.25, 0.3) is 20.0 Å². The fourth-order valence-corrected chi connectivity index (χ4v) is 5.61. The second kappa shape index (κ2) is 6.58. The minimum absolute atomic E-state index is 0.0195. The zero-order valence-corrected chi connectivity index (χ0v) is 17.2. The van der Waals surface area contributed by atoms with E-state index in [4.69, 9.17) is 9.05 Å². The largest absolute Gasteiger partial charge is 0.427 e. The molecule has 0 saturated carbocycles. The Morgan fingerprint density at radius 1 is 0.793 bits per heavy atom. The molecule has 0 amide bonds. The minimum Gasteiger partial charge on any atom is -0.416 e. The third kappa shape index (κ3) is 3.84. The molecule has 0 aromatic heterocycles. The number of nitrogens with one attached hydrogen (secondary N) is 2. The molecule has 29 heavy (non-hydrogen) atoms. The fourth-order valence-electron chi connectivity index (χ4n) is 2.63. The fraction of sp³-hybridized carbons (Fsp3) is 0.0667. The van der Waals surface area contributed by atoms with Gasteiger partial charge < -0.3 is 19.7 Å². The SMILES string of the molecule is CP(=O)(Oc1ccc2c(c1)S(=O)(=O)N=CN2)Oc1ccc2c(c1)S(=O)(=O)N=CN2. The normalized spacial score (nSPS) is 18.0. The summed E-state index contributed by atoms with van der Waals surface area (Å²) >= 11 is 0. The predicted octanol–water partition coefficient (Wildman–Crippen LogP) is 2.25. The Morgan fingerprint density at radius 3 is 1.62 bits per heavy atom. The minimum atomic E-state index is -3.89. The summed E-state index contributed by atoms with van der Waals surface area (Å²) in [7, 11) is -11.6. The monoisotopic (exact) mass is 456 g/mol. The predicted molar refractivity (Wildman–Crippen MR) is 106 cm³/mol. The molecule has 0 atom stereocenters. The molecular formula is C15H13N4O7PS2. The van der Waals surface area contributed by atoms with Crippen molar-refractivity contribution in [2.75, 3.05) is 17.3 Å². The maximum Gasteiger partial charge on any atom is 0.427 e. The van der Waals surface area contributed by atoms with Gasteiger partial charge in [-0.3, -0.25) is 0 Å². The molecule has 2 aromatic carbocycles. The molecule has 0 saturated heterocycles. The van der Waals surface area contributed by atoms with Gasteiger partial charge in [-0.2, -0.15) is 16.8 Å². The van der Waals surface area contributed by atoms with Crippen molar-refractivity contribution in [1.82, 2.24) is 0 Å². The van der Waals surface area contributed by atoms with Crippen molar-refractivity contribution in [2.24, 2.45) is 8.80 Å². The second-order valence-corrected chi connectivity index (χ2v) is 11.1. The van der Waals surface area contributed by atoms with E-state index >= 15 is 0 Å². The van der Waals surface area contributed by atoms with E-state index in [2.05, 4.69) is 19.4 Å². The summed E-state index contributed by atoms with van der Waals surface area (Å²) in [6, 6.07) is 8.03. The van der Waals surface area contributed by atoms with Crippen molar-refractivity contribution in [3.8, 4) is 11.5 Å². The number of anilines is 2. The molecule has 152 valence electrons. The molecule has 0 unspecified atom stereocenters. The maximum atomic E-state index is 12.8. The zero-order valence-electron chi connectivity index (χ0n) is 14.6. The molecule has 0 radical (unpaired) electrons. The average Bonchev–Trinajstić information content (AvgIpc) is 2.62. The van der Waals surface area contributed by atoms with Crippen LogP contribution >= 0.6 is 7.60 Å². The summed E-state index contributed by atoms with van der Waals surface area (Å²) in [6.45, 7) is 1.17. The van der Waals surface area contributed by atoms with Crippen molar-refractivity contribution in [3.63, 3.8) is 0 Å². The number of hydrogen-bond acceptors (Lipinski definition) is 9. The lowest BCUT2D eigenvalue weighted by Crippen LogP contribution is -2.12. The Labute approximate surface area is 166 Å². The van der Waals surface area contributed by atoms with Gasteiger partial charge in [0, 0.05) is 12.1 Å². The summed E-state index contributed by atoms with van der Waals surface area (Å²) in [5, 5.41) is 5.37. The third-order valence-corrected chi connectivity index (χ3v) is 7.47. The average molecular weight is 456 g/mol. The van der Waals surface area contributed by atoms with Gasteiger partial charge in [-0.05, 0) is 24.3 Å². The van der Waals surface area contributed by atoms with Crippen LogP contribution in [-0.4, -0.2) is 36.2 Å². The van der Waals surface area contributed by atoms with Gasteiger partial charge >= 0.3 is 7.60 Å². The van der Waals surface area contributed by atoms with Crippen LogP contribution in [0.1, 0.15) is 0 Å². The molecule has 2 heterocycles. The lowest BCUT2D eigenvalue weighted by molar-refractivity contribution is 0.392. The molecular weight excluding hydrogens is 443 g/mol. The zero-order chi connectivity index (χ0) is 20.9. The standard InChI is InChI=1S/C15H13N4O7PS2/c1-27(20,25-10-2-4-12-14(6-10)28(21,22)18-8-16-12)26-11-3-5-13-15(7-11)29(23,24)19-9-17-13/h2-9H,1H3,(H,16,18)(H,17,19). The first-order valence-electron chi connectivity index (χ1n) is 7.91. The van der Waals surface area contributed by atoms with Crippen molar-refractivity contribution in [2.45, 2.75) is 9.79 Å². The Bertz CT molecular complexity index is 1240. The molecule has 2 N–H and O–H groups in total. The van der Waals surface area contributed by atoms with Crippen LogP contribution in [0.3, 0.4) is 0 Å². The van der Waals surface area contributed by atoms with E-state index in [1.165, 1.54) is 43.1 Å². The van der Waals surface area contributed by atoms with Crippen LogP contribution in [0.15, 0.2) is 55.0 Å². The highest BCUT2D eigenvalue weighted by Gasteiger charge is 2.27. The van der Waals surface area contributed by atoms with Gasteiger partial charge in [-0.1, -0.05) is 0 Å². The van der Waals surface area contributed by atoms with E-state index in [0.717, 1.165) is 12.7 Å². The Balaban J connectivity index is 1.60. The quantitative estimate of drug-likeness (QED) is 0.660. The van der Waals surface area contributed by atoms with Crippen LogP contribution in [0.4, 0.5) is 11.4 Å². The van der Waals surface area contributed by atoms with E-state index in [9.17, 15) is 21.4 Å². The van der Waals surface area contributed by atoms with Gasteiger partial charge in [-0.15, -0.1) is 8.80 Å². The number of nitrogens with zero attached hydrogens (tertiary/aromatic N) is 2. The maximum absolute atomic E-state index is 12.8. The highest BCUT2D eigenvalue weighted by atomic mass is 32.2. The summed E-state index contributed by atoms with van der Waals surface area (Å²) in [5.74, 6) is -0.0391. The smallest absolute Gasteiger partial charge is 0.416 e. The highest BCUT2D eigenvalue weighted by molar-refractivity contribution is 7.90. The molecule has 11 nitrogen and oxygen atoms in total. The van der Waals surface area contributed by atoms with Crippen LogP contribution in [0, 0.1) is 0 Å². The van der Waals surface area contributed by atoms with Gasteiger partial charge in [-0.25, -0.2) is 4.57 Å². The van der Waals surface area contributed by atoms with Crippen LogP contribution in [0.5, 0.6) is 11.5 Å². The van der Waals surface area contributed by atoms with Crippen LogP contribution in [-0.2, 0) is 24.6 Å². The van der Waals surface area contributed by atoms with Gasteiger partial charge in [0.2, 0.25) is 0 Å². The molecule has 14 heteroatoms. The molecule has 4 rings (SSSR count). The third-order valence-electron chi connectivity index (χ3n) is 3.83. The number of benzene rings is 2. The lowest BCUT2D eigenvalue weighted by Gasteiger charge is -2.19. The number of fused-ring (bicyclic) bond motifs is 2. The number of hydrogen-bond donors (Lipinski definition) is 2. The molecule has 2 aliphatic rings. The lowest BCUT2D eigenvalue weighted by atomic mass is 10.3. The summed E-state index contributed by atoms with van der Waals surface area (Å²) in [6.07, 6.45) is 2.10. The van der Waals surface area contributed by atoms with Crippen LogP contribution in [0.2, 0.25) is 0 Å². The Hall–Kier alpha value is -2.89. The number of rotatable bonds is 4. The van der Waals surface area contributed by atoms with Gasteiger partial charge in [0.05, 0.1) is 18.0 Å². The topological polar surface area (TPSA) is 153 Å². The number of sulfonamides is 2. The van der Waals surface area contributed by atoms with Crippen molar-refractivity contribution in [1.29, 1.82) is 0 Å². The first-order chi connectivity index (χ1) is 13.6. The van der Waals surface area contributed by atoms with Crippen molar-refractivity contribution < 1.29 is 30.4 Å². The van der Waals surface area contributed by atoms with Gasteiger partial charge in [0.1, 0.15) is 34.0 Å². The summed E-state index contributed by atoms with van der Waals surface area (Å²) in [5.41, 5.74) is 0.597. The molecule has 0 spiro atoms. The van der Waals surface area contributed by atoms with E-state index in [-0.39, 0.29) is 21.3 Å².